The Hall–Kier alpha value is -3.65. The highest BCUT2D eigenvalue weighted by molar-refractivity contribution is 9.10. The molecular weight excluding hydrogens is 532 g/mol. The number of carbonyl (C=O) groups excluding carboxylic acids is 1. The summed E-state index contributed by atoms with van der Waals surface area (Å²) in [5.74, 6) is -0.489. The Labute approximate surface area is 222 Å². The minimum atomic E-state index is -0.489. The van der Waals surface area contributed by atoms with E-state index in [-0.39, 0.29) is 5.57 Å². The molecule has 1 N–H and O–H groups in total. The lowest BCUT2D eigenvalue weighted by molar-refractivity contribution is -0.112. The summed E-state index contributed by atoms with van der Waals surface area (Å²) in [6, 6.07) is 20.6. The van der Waals surface area contributed by atoms with Gasteiger partial charge >= 0.3 is 0 Å². The summed E-state index contributed by atoms with van der Waals surface area (Å²) in [6.07, 6.45) is 5.62. The van der Waals surface area contributed by atoms with Crippen molar-refractivity contribution >= 4 is 55.2 Å². The molecule has 0 unspecified atom stereocenters. The molecule has 0 spiro atoms. The predicted molar refractivity (Wildman–Crippen MR) is 148 cm³/mol. The van der Waals surface area contributed by atoms with Crippen molar-refractivity contribution in [1.29, 1.82) is 10.5 Å². The van der Waals surface area contributed by atoms with E-state index in [1.807, 2.05) is 37.3 Å². The molecule has 0 radical (unpaired) electrons. The van der Waals surface area contributed by atoms with E-state index in [0.717, 1.165) is 63.4 Å². The zero-order valence-electron chi connectivity index (χ0n) is 19.8. The van der Waals surface area contributed by atoms with Crippen molar-refractivity contribution in [3.05, 3.63) is 91.4 Å². The number of benzene rings is 2. The maximum Gasteiger partial charge on any atom is 0.266 e. The number of thiophene rings is 1. The Bertz CT molecular complexity index is 1600. The van der Waals surface area contributed by atoms with Crippen molar-refractivity contribution in [2.24, 2.45) is 0 Å². The molecule has 0 bridgehead atoms. The summed E-state index contributed by atoms with van der Waals surface area (Å²) in [5.41, 5.74) is 5.63. The summed E-state index contributed by atoms with van der Waals surface area (Å²) in [5, 5.41) is 24.0. The van der Waals surface area contributed by atoms with Gasteiger partial charge in [-0.25, -0.2) is 0 Å². The quantitative estimate of drug-likeness (QED) is 0.210. The Morgan fingerprint density at radius 1 is 1.14 bits per heavy atom. The van der Waals surface area contributed by atoms with Crippen LogP contribution in [0.25, 0.3) is 17.0 Å². The van der Waals surface area contributed by atoms with Crippen LogP contribution >= 0.6 is 27.3 Å². The molecule has 36 heavy (non-hydrogen) atoms. The summed E-state index contributed by atoms with van der Waals surface area (Å²) in [7, 11) is 0. The van der Waals surface area contributed by atoms with Gasteiger partial charge in [0.25, 0.3) is 5.91 Å². The van der Waals surface area contributed by atoms with E-state index in [9.17, 15) is 15.3 Å². The zero-order chi connectivity index (χ0) is 25.2. The molecule has 178 valence electrons. The average molecular weight is 556 g/mol. The van der Waals surface area contributed by atoms with Crippen molar-refractivity contribution < 1.29 is 4.79 Å². The van der Waals surface area contributed by atoms with Crippen LogP contribution in [0.4, 0.5) is 5.00 Å². The first-order valence-electron chi connectivity index (χ1n) is 11.8. The molecule has 1 aliphatic rings. The number of hydrogen-bond donors (Lipinski definition) is 1. The monoisotopic (exact) mass is 554 g/mol. The van der Waals surface area contributed by atoms with Crippen LogP contribution in [-0.4, -0.2) is 10.5 Å². The van der Waals surface area contributed by atoms with Gasteiger partial charge in [-0.3, -0.25) is 4.79 Å². The predicted octanol–water partition coefficient (Wildman–Crippen LogP) is 7.12. The molecule has 0 saturated carbocycles. The van der Waals surface area contributed by atoms with Crippen LogP contribution in [0.5, 0.6) is 0 Å². The van der Waals surface area contributed by atoms with Crippen LogP contribution in [0.3, 0.4) is 0 Å². The highest BCUT2D eigenvalue weighted by Crippen LogP contribution is 2.38. The number of para-hydroxylation sites is 1. The number of amides is 1. The van der Waals surface area contributed by atoms with Gasteiger partial charge in [0.05, 0.1) is 5.56 Å². The second kappa shape index (κ2) is 10.1. The Morgan fingerprint density at radius 2 is 1.89 bits per heavy atom. The number of rotatable bonds is 5. The lowest BCUT2D eigenvalue weighted by Gasteiger charge is -2.09. The minimum absolute atomic E-state index is 0.0138. The van der Waals surface area contributed by atoms with Gasteiger partial charge in [0.2, 0.25) is 0 Å². The maximum absolute atomic E-state index is 13.2. The third-order valence-electron chi connectivity index (χ3n) is 6.70. The van der Waals surface area contributed by atoms with E-state index in [1.54, 1.807) is 6.08 Å². The third-order valence-corrected chi connectivity index (χ3v) is 8.43. The second-order valence-corrected chi connectivity index (χ2v) is 10.9. The van der Waals surface area contributed by atoms with Crippen molar-refractivity contribution in [2.45, 2.75) is 39.2 Å². The van der Waals surface area contributed by atoms with Crippen LogP contribution < -0.4 is 5.32 Å². The number of aromatic nitrogens is 1. The molecule has 2 aromatic carbocycles. The van der Waals surface area contributed by atoms with Gasteiger partial charge in [0, 0.05) is 38.1 Å². The molecule has 7 heteroatoms. The Balaban J connectivity index is 1.51. The molecule has 0 atom stereocenters. The van der Waals surface area contributed by atoms with Gasteiger partial charge in [-0.1, -0.05) is 46.3 Å². The summed E-state index contributed by atoms with van der Waals surface area (Å²) < 4.78 is 3.23. The van der Waals surface area contributed by atoms with Gasteiger partial charge in [-0.05, 0) is 68.0 Å². The highest BCUT2D eigenvalue weighted by atomic mass is 79.9. The number of fused-ring (bicyclic) bond motifs is 2. The smallest absolute Gasteiger partial charge is 0.266 e. The van der Waals surface area contributed by atoms with Gasteiger partial charge in [0.15, 0.2) is 0 Å². The molecule has 1 aliphatic carbocycles. The maximum atomic E-state index is 13.2. The van der Waals surface area contributed by atoms with Crippen LogP contribution in [-0.2, 0) is 24.2 Å². The standard InChI is InChI=1S/C29H23BrN4OS/c1-18-24(22-6-2-4-8-26(22)34(18)17-19-10-12-21(30)13-11-19)14-20(15-31)28(35)33-29-25(16-32)23-7-3-5-9-27(23)36-29/h2,4,6,8,10-14H,3,5,7,9,17H2,1H3,(H,33,35)/b20-14+. The number of nitrogens with one attached hydrogen (secondary N) is 1. The first-order valence-corrected chi connectivity index (χ1v) is 13.4. The van der Waals surface area contributed by atoms with E-state index in [4.69, 9.17) is 0 Å². The van der Waals surface area contributed by atoms with Crippen LogP contribution in [0.1, 0.15) is 45.7 Å². The molecule has 5 rings (SSSR count). The molecular formula is C29H23BrN4OS. The molecule has 2 heterocycles. The largest absolute Gasteiger partial charge is 0.340 e. The summed E-state index contributed by atoms with van der Waals surface area (Å²) in [6.45, 7) is 2.69. The average Bonchev–Trinajstić information content (AvgIpc) is 3.37. The number of hydrogen-bond acceptors (Lipinski definition) is 4. The Kier molecular flexibility index (Phi) is 6.78. The molecule has 0 fully saturated rings. The summed E-state index contributed by atoms with van der Waals surface area (Å²) >= 11 is 4.95. The normalized spacial score (nSPS) is 13.2. The van der Waals surface area contributed by atoms with E-state index in [0.29, 0.717) is 17.1 Å². The number of anilines is 1. The van der Waals surface area contributed by atoms with E-state index < -0.39 is 5.91 Å². The lowest BCUT2D eigenvalue weighted by atomic mass is 9.96. The Morgan fingerprint density at radius 3 is 2.64 bits per heavy atom. The molecule has 0 aliphatic heterocycles. The molecule has 4 aromatic rings. The molecule has 0 saturated heterocycles. The number of carbonyl (C=O) groups is 1. The highest BCUT2D eigenvalue weighted by Gasteiger charge is 2.23. The first kappa shape index (κ1) is 24.1. The zero-order valence-corrected chi connectivity index (χ0v) is 22.2. The minimum Gasteiger partial charge on any atom is -0.340 e. The van der Waals surface area contributed by atoms with Crippen molar-refractivity contribution in [1.82, 2.24) is 4.57 Å². The SMILES string of the molecule is Cc1c(/C=C(\C#N)C(=O)Nc2sc3c(c2C#N)CCCC3)c2ccccc2n1Cc1ccc(Br)cc1. The number of halogens is 1. The van der Waals surface area contributed by atoms with Gasteiger partial charge < -0.3 is 9.88 Å². The van der Waals surface area contributed by atoms with E-state index in [2.05, 4.69) is 56.2 Å². The second-order valence-electron chi connectivity index (χ2n) is 8.88. The number of nitriles is 2. The fraction of sp³-hybridized carbons (Fsp3) is 0.207. The number of nitrogens with zero attached hydrogens (tertiary/aromatic N) is 3. The fourth-order valence-electron chi connectivity index (χ4n) is 4.85. The topological polar surface area (TPSA) is 81.6 Å². The van der Waals surface area contributed by atoms with Crippen LogP contribution in [0, 0.1) is 29.6 Å². The van der Waals surface area contributed by atoms with E-state index >= 15 is 0 Å². The summed E-state index contributed by atoms with van der Waals surface area (Å²) in [4.78, 5) is 14.4. The lowest BCUT2D eigenvalue weighted by Crippen LogP contribution is -2.13. The van der Waals surface area contributed by atoms with Crippen molar-refractivity contribution in [2.75, 3.05) is 5.32 Å². The molecule has 5 nitrogen and oxygen atoms in total. The molecule has 2 aromatic heterocycles. The molecule has 1 amide bonds. The van der Waals surface area contributed by atoms with Gasteiger partial charge in [-0.15, -0.1) is 11.3 Å². The van der Waals surface area contributed by atoms with Gasteiger partial charge in [-0.2, -0.15) is 10.5 Å². The van der Waals surface area contributed by atoms with Gasteiger partial charge in [0.1, 0.15) is 22.7 Å². The van der Waals surface area contributed by atoms with Crippen molar-refractivity contribution in [3.8, 4) is 12.1 Å². The fourth-order valence-corrected chi connectivity index (χ4v) is 6.35. The van der Waals surface area contributed by atoms with E-state index in [1.165, 1.54) is 16.2 Å². The van der Waals surface area contributed by atoms with Crippen LogP contribution in [0.15, 0.2) is 58.6 Å². The first-order chi connectivity index (χ1) is 17.5. The van der Waals surface area contributed by atoms with Crippen LogP contribution in [0.2, 0.25) is 0 Å². The number of aryl methyl sites for hydroxylation is 1. The van der Waals surface area contributed by atoms with Crippen molar-refractivity contribution in [3.63, 3.8) is 0 Å². The third kappa shape index (κ3) is 4.48.